The maximum Gasteiger partial charge on any atom is 0.102 e. The van der Waals surface area contributed by atoms with E-state index in [1.165, 1.54) is 155 Å². The zero-order chi connectivity index (χ0) is 83.8. The van der Waals surface area contributed by atoms with Gasteiger partial charge in [0.2, 0.25) is 0 Å². The summed E-state index contributed by atoms with van der Waals surface area (Å²) in [6, 6.07) is 63.8. The fourth-order valence-corrected chi connectivity index (χ4v) is 21.8. The number of aryl methyl sites for hydroxylation is 12. The summed E-state index contributed by atoms with van der Waals surface area (Å²) in [6.07, 6.45) is -0.0372. The van der Waals surface area contributed by atoms with Gasteiger partial charge >= 0.3 is 324 Å². The summed E-state index contributed by atoms with van der Waals surface area (Å²) in [4.78, 5) is 40.1. The number of anilines is 4. The van der Waals surface area contributed by atoms with Gasteiger partial charge in [-0.15, -0.1) is 0 Å². The zero-order valence-electron chi connectivity index (χ0n) is 67.0. The van der Waals surface area contributed by atoms with Crippen LogP contribution in [0.25, 0.3) is 0 Å². The van der Waals surface area contributed by atoms with E-state index in [0.717, 1.165) is 26.2 Å². The fraction of sp³-hybridized carbons (Fsp3) is 0.261. The predicted molar refractivity (Wildman–Crippen MR) is 475 cm³/mol. The first kappa shape index (κ1) is 93.8. The van der Waals surface area contributed by atoms with Crippen molar-refractivity contribution in [1.82, 2.24) is 0 Å². The second kappa shape index (κ2) is 45.4. The molecule has 2 fully saturated rings. The first-order valence-corrected chi connectivity index (χ1v) is 54.3. The number of benzene rings is 10. The number of hydrogen-bond donors (Lipinski definition) is 0. The quantitative estimate of drug-likeness (QED) is 0.0262. The number of ether oxygens (including phenoxy) is 3. The Bertz CT molecular complexity index is 4550. The second-order valence-electron chi connectivity index (χ2n) is 27.9. The van der Waals surface area contributed by atoms with Gasteiger partial charge in [0.25, 0.3) is 0 Å². The molecule has 12 rings (SSSR count). The maximum atomic E-state index is 10.7. The number of halogens is 6. The van der Waals surface area contributed by atoms with E-state index < -0.39 is 63.2 Å². The molecule has 2 heterocycles. The molecule has 16 nitrogen and oxygen atoms in total. The van der Waals surface area contributed by atoms with Gasteiger partial charge in [0.05, 0.1) is 7.92 Å². The molecule has 0 radical (unpaired) electrons. The van der Waals surface area contributed by atoms with Crippen LogP contribution in [-0.2, 0) is 40.6 Å². The van der Waals surface area contributed by atoms with Gasteiger partial charge in [-0.2, -0.15) is 13.3 Å². The van der Waals surface area contributed by atoms with Crippen molar-refractivity contribution in [2.24, 2.45) is 0 Å². The SMILES string of the molecule is CC(C)Oc1ccc([N+](=O)[O-])cc1[CH]=[Ru]([Cl])[Cl].CC(C)Oc1ccc([N+](=O)[O-])cc1[CH]=[Ru]([Cl])[Cl].COc1ccc([N+](=O)[O-])cc1[CH]=[Ru]([Cl])[Cl].Cc1cc(C)c(N2[CH-]N(c3c(C)cc(C)cc3C)CC2)c(C)c1.Cc1cc(C)c(N2[CH-]N(c3c(C)cc(C)cc3C)CC2)c(C)c1.c1ccc([PH+](c2ccccc2)c2ccccc2)cc1. The van der Waals surface area contributed by atoms with Crippen molar-refractivity contribution >= 4 is 136 Å². The van der Waals surface area contributed by atoms with E-state index in [1.54, 1.807) is 26.0 Å². The van der Waals surface area contributed by atoms with Crippen molar-refractivity contribution in [1.29, 1.82) is 0 Å². The minimum absolute atomic E-state index is 0.00360. The molecule has 10 aromatic carbocycles. The maximum absolute atomic E-state index is 10.7. The van der Waals surface area contributed by atoms with Gasteiger partial charge in [0.15, 0.2) is 0 Å². The molecule has 0 N–H and O–H groups in total. The first-order valence-electron chi connectivity index (χ1n) is 36.4. The fourth-order valence-electron chi connectivity index (χ4n) is 13.8. The summed E-state index contributed by atoms with van der Waals surface area (Å²) in [5, 5.41) is 36.2. The molecule has 0 unspecified atom stereocenters. The van der Waals surface area contributed by atoms with Crippen LogP contribution in [0.2, 0.25) is 0 Å². The number of methoxy groups -OCH3 is 1. The van der Waals surface area contributed by atoms with E-state index >= 15 is 0 Å². The molecule has 0 amide bonds. The van der Waals surface area contributed by atoms with Gasteiger partial charge in [-0.3, -0.25) is 0 Å². The van der Waals surface area contributed by atoms with Crippen LogP contribution in [0.5, 0.6) is 17.2 Å². The molecule has 0 bridgehead atoms. The van der Waals surface area contributed by atoms with Crippen LogP contribution >= 0.6 is 66.1 Å². The Morgan fingerprint density at radius 1 is 0.360 bits per heavy atom. The van der Waals surface area contributed by atoms with E-state index in [-0.39, 0.29) is 29.3 Å². The van der Waals surface area contributed by atoms with Gasteiger partial charge < -0.3 is 19.6 Å². The monoisotopic (exact) mass is 1940 g/mol. The van der Waals surface area contributed by atoms with Crippen molar-refractivity contribution in [3.05, 3.63) is 321 Å². The Hall–Kier alpha value is -7.35. The largest absolute Gasteiger partial charge is 0.502 e. The predicted octanol–water partition coefficient (Wildman–Crippen LogP) is 22.7. The van der Waals surface area contributed by atoms with Crippen LogP contribution in [0.1, 0.15) is 111 Å². The summed E-state index contributed by atoms with van der Waals surface area (Å²) in [5.74, 6) is 1.65. The van der Waals surface area contributed by atoms with Crippen LogP contribution in [0.3, 0.4) is 0 Å². The van der Waals surface area contributed by atoms with E-state index in [0.29, 0.717) is 33.9 Å². The zero-order valence-corrected chi connectivity index (χ0v) is 77.7. The average molecular weight is 1950 g/mol. The van der Waals surface area contributed by atoms with Crippen LogP contribution in [-0.4, -0.2) is 74.1 Å². The van der Waals surface area contributed by atoms with Crippen LogP contribution in [0, 0.1) is 127 Å². The molecule has 10 aromatic rings. The third-order valence-corrected chi connectivity index (χ3v) is 25.9. The number of nitro benzene ring substituents is 3. The van der Waals surface area contributed by atoms with Crippen LogP contribution in [0.4, 0.5) is 39.8 Å². The van der Waals surface area contributed by atoms with E-state index in [1.807, 2.05) is 27.7 Å². The number of nitrogens with zero attached hydrogens (tertiary/aromatic N) is 7. The Morgan fingerprint density at radius 2 is 0.579 bits per heavy atom. The molecule has 2 saturated heterocycles. The summed E-state index contributed by atoms with van der Waals surface area (Å²) >= 11 is -6.11. The first-order chi connectivity index (χ1) is 54.0. The van der Waals surface area contributed by atoms with Crippen molar-refractivity contribution < 1.29 is 69.5 Å². The minimum Gasteiger partial charge on any atom is -0.502 e. The third-order valence-electron chi connectivity index (χ3n) is 17.7. The molecular formula is C88H99Cl6N7O9PRu3-. The van der Waals surface area contributed by atoms with E-state index in [4.69, 9.17) is 72.4 Å². The standard InChI is InChI=1S/2C21H27N2.C18H15P.2C10H11NO3.C8H7NO3.6ClH.3Ru/c2*1-14-9-16(3)20(17(4)10-14)22-7-8-23(13-22)21-18(5)11-15(2)12-19(21)6;1-4-10-16(11-5-1)19(17-12-6-2-7-13-17)18-14-8-3-9-15-18;2*1-7(2)14-10-5-4-9(11(12)13)6-8(10)3;1-6-5-7(9(10)11)3-4-8(6)12-2;;;;;;;;;/h2*9-13H,7-8H2,1-6H3;1-15H;2*3-7H,1-2H3;1,3-5H,2H3;6*1H;;;/q2*-1;;;;;;;;;;;3*+2/p-5. The molecule has 2 aliphatic rings. The summed E-state index contributed by atoms with van der Waals surface area (Å²) in [7, 11) is 35.1. The third kappa shape index (κ3) is 28.2. The number of hydrogen-bond acceptors (Lipinski definition) is 13. The molecule has 0 aliphatic carbocycles. The topological polar surface area (TPSA) is 170 Å². The van der Waals surface area contributed by atoms with E-state index in [9.17, 15) is 30.3 Å². The molecule has 26 heteroatoms. The number of rotatable bonds is 18. The molecule has 0 spiro atoms. The van der Waals surface area contributed by atoms with Gasteiger partial charge in [0.1, 0.15) is 15.9 Å². The van der Waals surface area contributed by atoms with Crippen LogP contribution in [0.15, 0.2) is 194 Å². The normalized spacial score (nSPS) is 12.5. The summed E-state index contributed by atoms with van der Waals surface area (Å²) in [6.45, 7) is 42.6. The number of nitro groups is 3. The van der Waals surface area contributed by atoms with Gasteiger partial charge in [0, 0.05) is 48.9 Å². The number of non-ortho nitro benzene ring substituents is 3. The van der Waals surface area contributed by atoms with Gasteiger partial charge in [-0.05, 0) is 164 Å². The van der Waals surface area contributed by atoms with Crippen molar-refractivity contribution in [3.8, 4) is 17.2 Å². The van der Waals surface area contributed by atoms with Crippen molar-refractivity contribution in [2.75, 3.05) is 52.9 Å². The van der Waals surface area contributed by atoms with Gasteiger partial charge in [-0.25, -0.2) is 0 Å². The molecule has 0 atom stereocenters. The van der Waals surface area contributed by atoms with Crippen molar-refractivity contribution in [2.45, 2.75) is 123 Å². The molecule has 612 valence electrons. The molecule has 2 aliphatic heterocycles. The second-order valence-corrected chi connectivity index (χ2v) is 47.5. The Balaban J connectivity index is 0.000000191. The smallest absolute Gasteiger partial charge is 0.102 e. The van der Waals surface area contributed by atoms with E-state index in [2.05, 4.69) is 256 Å². The Kier molecular flexibility index (Phi) is 37.4. The Labute approximate surface area is 712 Å². The summed E-state index contributed by atoms with van der Waals surface area (Å²) in [5.41, 5.74) is 23.4. The summed E-state index contributed by atoms with van der Waals surface area (Å²) < 4.78 is 21.0. The van der Waals surface area contributed by atoms with Crippen LogP contribution < -0.4 is 49.7 Å². The molecule has 0 saturated carbocycles. The van der Waals surface area contributed by atoms with Crippen molar-refractivity contribution in [3.63, 3.8) is 0 Å². The van der Waals surface area contributed by atoms with Gasteiger partial charge in [-0.1, -0.05) is 125 Å². The minimum atomic E-state index is -2.05. The molecule has 114 heavy (non-hydrogen) atoms. The molecular weight excluding hydrogens is 1850 g/mol. The molecule has 0 aromatic heterocycles. The average Bonchev–Trinajstić information content (AvgIpc) is 1.47. The Morgan fingerprint density at radius 3 is 0.781 bits per heavy atom.